The number of nitrogens with one attached hydrogen (secondary N) is 3. The van der Waals surface area contributed by atoms with Crippen molar-refractivity contribution in [2.24, 2.45) is 0 Å². The van der Waals surface area contributed by atoms with E-state index in [2.05, 4.69) is 28.1 Å². The van der Waals surface area contributed by atoms with Crippen LogP contribution < -0.4 is 20.7 Å². The van der Waals surface area contributed by atoms with Crippen LogP contribution in [0, 0.1) is 5.82 Å². The van der Waals surface area contributed by atoms with Crippen LogP contribution in [0.4, 0.5) is 20.6 Å². The maximum absolute atomic E-state index is 13.9. The van der Waals surface area contributed by atoms with Crippen molar-refractivity contribution in [2.45, 2.75) is 44.1 Å². The molecule has 0 unspecified atom stereocenters. The van der Waals surface area contributed by atoms with Crippen LogP contribution in [0.15, 0.2) is 97.1 Å². The van der Waals surface area contributed by atoms with Crippen molar-refractivity contribution in [1.82, 2.24) is 10.2 Å². The molecular weight excluding hydrogens is 587 g/mol. The number of ether oxygens (including phenoxy) is 2. The highest BCUT2D eigenvalue weighted by molar-refractivity contribution is 6.02. The number of fused-ring (bicyclic) bond motifs is 2. The number of likely N-dealkylation sites (N-methyl/N-ethyl adjacent to an activating group) is 1. The smallest absolute Gasteiger partial charge is 0.323 e. The van der Waals surface area contributed by atoms with Gasteiger partial charge in [-0.1, -0.05) is 66.7 Å². The first-order chi connectivity index (χ1) is 22.3. The molecule has 3 N–H and O–H groups in total. The maximum Gasteiger partial charge on any atom is 0.323 e. The van der Waals surface area contributed by atoms with E-state index in [0.717, 1.165) is 16.7 Å². The van der Waals surface area contributed by atoms with E-state index in [-0.39, 0.29) is 42.7 Å². The first-order valence-electron chi connectivity index (χ1n) is 15.3. The van der Waals surface area contributed by atoms with Crippen molar-refractivity contribution in [3.8, 4) is 16.9 Å². The average molecular weight is 623 g/mol. The third-order valence-electron chi connectivity index (χ3n) is 8.36. The summed E-state index contributed by atoms with van der Waals surface area (Å²) in [4.78, 5) is 40.5. The maximum atomic E-state index is 13.9. The lowest BCUT2D eigenvalue weighted by atomic mass is 9.94. The Labute approximate surface area is 266 Å². The van der Waals surface area contributed by atoms with Crippen LogP contribution in [-0.4, -0.2) is 54.6 Å². The van der Waals surface area contributed by atoms with Gasteiger partial charge >= 0.3 is 6.03 Å². The van der Waals surface area contributed by atoms with E-state index in [0.29, 0.717) is 36.4 Å². The Morgan fingerprint density at radius 1 is 0.891 bits per heavy atom. The molecule has 0 aromatic heterocycles. The summed E-state index contributed by atoms with van der Waals surface area (Å²) < 4.78 is 26.3. The molecule has 1 fully saturated rings. The first kappa shape index (κ1) is 30.8. The van der Waals surface area contributed by atoms with Crippen molar-refractivity contribution >= 4 is 29.2 Å². The number of para-hydroxylation sites is 1. The van der Waals surface area contributed by atoms with E-state index in [9.17, 15) is 18.8 Å². The highest BCUT2D eigenvalue weighted by Crippen LogP contribution is 2.32. The number of nitrogens with zero attached hydrogens (tertiary/aromatic N) is 1. The van der Waals surface area contributed by atoms with Gasteiger partial charge in [0.1, 0.15) is 24.3 Å². The molecule has 46 heavy (non-hydrogen) atoms. The van der Waals surface area contributed by atoms with Gasteiger partial charge in [0, 0.05) is 19.3 Å². The van der Waals surface area contributed by atoms with Gasteiger partial charge in [0.25, 0.3) is 5.91 Å². The van der Waals surface area contributed by atoms with Gasteiger partial charge in [-0.3, -0.25) is 9.59 Å². The second kappa shape index (κ2) is 13.8. The van der Waals surface area contributed by atoms with Crippen LogP contribution >= 0.6 is 0 Å². The van der Waals surface area contributed by atoms with E-state index < -0.39 is 18.0 Å². The Bertz CT molecular complexity index is 1720. The summed E-state index contributed by atoms with van der Waals surface area (Å²) in [6.45, 7) is 0.618. The van der Waals surface area contributed by atoms with Crippen molar-refractivity contribution in [3.05, 3.63) is 114 Å². The predicted octanol–water partition coefficient (Wildman–Crippen LogP) is 6.22. The highest BCUT2D eigenvalue weighted by Gasteiger charge is 2.39. The van der Waals surface area contributed by atoms with Gasteiger partial charge in [-0.15, -0.1) is 0 Å². The molecule has 0 saturated carbocycles. The zero-order valence-corrected chi connectivity index (χ0v) is 25.4. The number of hydrogen-bond acceptors (Lipinski definition) is 5. The fourth-order valence-electron chi connectivity index (χ4n) is 5.88. The Hall–Kier alpha value is -5.22. The van der Waals surface area contributed by atoms with E-state index in [1.165, 1.54) is 18.2 Å². The van der Waals surface area contributed by atoms with Gasteiger partial charge in [-0.25, -0.2) is 9.18 Å². The first-order valence-corrected chi connectivity index (χ1v) is 15.3. The number of hydrogen-bond donors (Lipinski definition) is 3. The number of benzene rings is 4. The van der Waals surface area contributed by atoms with Gasteiger partial charge in [-0.2, -0.15) is 0 Å². The number of carbonyl (C=O) groups is 3. The zero-order chi connectivity index (χ0) is 32.0. The molecule has 10 heteroatoms. The summed E-state index contributed by atoms with van der Waals surface area (Å²) in [5, 5.41) is 8.10. The number of rotatable bonds is 7. The second-order valence-electron chi connectivity index (χ2n) is 11.5. The molecule has 0 bridgehead atoms. The highest BCUT2D eigenvalue weighted by atomic mass is 19.1. The molecule has 4 amide bonds. The van der Waals surface area contributed by atoms with Crippen molar-refractivity contribution in [3.63, 3.8) is 0 Å². The number of amides is 4. The molecule has 2 aliphatic heterocycles. The summed E-state index contributed by atoms with van der Waals surface area (Å²) in [6.07, 6.45) is 0.760. The summed E-state index contributed by atoms with van der Waals surface area (Å²) >= 11 is 0. The molecule has 3 atom stereocenters. The molecule has 6 rings (SSSR count). The molecular formula is C36H35FN4O5. The van der Waals surface area contributed by atoms with E-state index in [4.69, 9.17) is 9.47 Å². The standard InChI is InChI=1S/C36H35FN4O5/c1-41-31-17-16-27(20-34(42)38-21-23-11-13-25(14-12-23)24-7-3-2-4-8-24)46-33(31)22-45-32-18-15-26(19-28(32)35(41)43)39-36(44)40-30-10-6-5-9-29(30)37/h2-15,18-19,27,31,33H,16-17,20-22H2,1H3,(H,38,42)(H2,39,40,44)/t27-,31-,33-/m1/s1. The molecule has 2 aliphatic rings. The van der Waals surface area contributed by atoms with Gasteiger partial charge in [0.2, 0.25) is 5.91 Å². The lowest BCUT2D eigenvalue weighted by Crippen LogP contribution is -2.53. The minimum Gasteiger partial charge on any atom is -0.490 e. The summed E-state index contributed by atoms with van der Waals surface area (Å²) in [5.41, 5.74) is 3.96. The van der Waals surface area contributed by atoms with E-state index >= 15 is 0 Å². The molecule has 9 nitrogen and oxygen atoms in total. The van der Waals surface area contributed by atoms with Crippen molar-refractivity contribution in [2.75, 3.05) is 24.3 Å². The topological polar surface area (TPSA) is 109 Å². The third kappa shape index (κ3) is 7.18. The Morgan fingerprint density at radius 2 is 1.63 bits per heavy atom. The van der Waals surface area contributed by atoms with Crippen molar-refractivity contribution < 1.29 is 28.2 Å². The molecule has 236 valence electrons. The molecule has 1 saturated heterocycles. The number of carbonyl (C=O) groups excluding carboxylic acids is 3. The zero-order valence-electron chi connectivity index (χ0n) is 25.4. The van der Waals surface area contributed by atoms with Gasteiger partial charge in [-0.05, 0) is 59.9 Å². The van der Waals surface area contributed by atoms with E-state index in [1.54, 1.807) is 36.2 Å². The van der Waals surface area contributed by atoms with Crippen LogP contribution in [0.25, 0.3) is 11.1 Å². The summed E-state index contributed by atoms with van der Waals surface area (Å²) in [7, 11) is 1.72. The van der Waals surface area contributed by atoms with Crippen LogP contribution in [-0.2, 0) is 16.1 Å². The Kier molecular flexibility index (Phi) is 9.25. The Balaban J connectivity index is 1.03. The molecule has 4 aromatic carbocycles. The minimum absolute atomic E-state index is 0.0401. The molecule has 2 heterocycles. The van der Waals surface area contributed by atoms with Crippen LogP contribution in [0.2, 0.25) is 0 Å². The van der Waals surface area contributed by atoms with Gasteiger partial charge in [0.05, 0.1) is 29.8 Å². The molecule has 0 aliphatic carbocycles. The average Bonchev–Trinajstić information content (AvgIpc) is 3.07. The number of anilines is 2. The van der Waals surface area contributed by atoms with Crippen LogP contribution in [0.3, 0.4) is 0 Å². The quantitative estimate of drug-likeness (QED) is 0.227. The van der Waals surface area contributed by atoms with Crippen LogP contribution in [0.1, 0.15) is 35.2 Å². The normalized spacial score (nSPS) is 19.0. The van der Waals surface area contributed by atoms with E-state index in [1.807, 2.05) is 42.5 Å². The lowest BCUT2D eigenvalue weighted by Gasteiger charge is -2.42. The monoisotopic (exact) mass is 622 g/mol. The van der Waals surface area contributed by atoms with Crippen LogP contribution in [0.5, 0.6) is 5.75 Å². The largest absolute Gasteiger partial charge is 0.490 e. The summed E-state index contributed by atoms with van der Waals surface area (Å²) in [6, 6.07) is 28.0. The second-order valence-corrected chi connectivity index (χ2v) is 11.5. The van der Waals surface area contributed by atoms with Crippen molar-refractivity contribution in [1.29, 1.82) is 0 Å². The lowest BCUT2D eigenvalue weighted by molar-refractivity contribution is -0.134. The SMILES string of the molecule is CN1C(=O)c2cc(NC(=O)Nc3ccccc3F)ccc2OC[C@H]2O[C@@H](CC(=O)NCc3ccc(-c4ccccc4)cc3)CC[C@H]21. The summed E-state index contributed by atoms with van der Waals surface area (Å²) in [5.74, 6) is -0.576. The number of halogens is 1. The van der Waals surface area contributed by atoms with Gasteiger partial charge in [0.15, 0.2) is 0 Å². The number of urea groups is 1. The minimum atomic E-state index is -0.644. The third-order valence-corrected chi connectivity index (χ3v) is 8.36. The fraction of sp³-hybridized carbons (Fsp3) is 0.250. The molecule has 4 aromatic rings. The fourth-order valence-corrected chi connectivity index (χ4v) is 5.88. The molecule has 0 radical (unpaired) electrons. The molecule has 0 spiro atoms. The Morgan fingerprint density at radius 3 is 2.41 bits per heavy atom. The van der Waals surface area contributed by atoms with Gasteiger partial charge < -0.3 is 30.3 Å². The predicted molar refractivity (Wildman–Crippen MR) is 173 cm³/mol.